The molecule has 1 aromatic carbocycles. The number of rotatable bonds is 8. The van der Waals surface area contributed by atoms with Gasteiger partial charge in [0, 0.05) is 6.54 Å². The summed E-state index contributed by atoms with van der Waals surface area (Å²) in [6.45, 7) is 0.408. The highest BCUT2D eigenvalue weighted by atomic mass is 32.2. The molecule has 104 valence electrons. The van der Waals surface area contributed by atoms with Gasteiger partial charge in [0.2, 0.25) is 0 Å². The van der Waals surface area contributed by atoms with Crippen LogP contribution in [-0.4, -0.2) is 40.2 Å². The molecule has 0 heterocycles. The number of thioether (sulfide) groups is 1. The maximum atomic E-state index is 11.0. The zero-order chi connectivity index (χ0) is 14.3. The molecule has 0 fully saturated rings. The van der Waals surface area contributed by atoms with E-state index >= 15 is 0 Å². The van der Waals surface area contributed by atoms with E-state index in [1.54, 1.807) is 23.9 Å². The number of hydrogen-bond donors (Lipinski definition) is 3. The van der Waals surface area contributed by atoms with Crippen LogP contribution in [0.15, 0.2) is 24.3 Å². The fraction of sp³-hybridized carbons (Fsp3) is 0.385. The van der Waals surface area contributed by atoms with Crippen LogP contribution in [-0.2, 0) is 11.3 Å². The third kappa shape index (κ3) is 5.32. The van der Waals surface area contributed by atoms with Gasteiger partial charge in [-0.3, -0.25) is 4.79 Å². The summed E-state index contributed by atoms with van der Waals surface area (Å²) >= 11 is 1.61. The lowest BCUT2D eigenvalue weighted by molar-refractivity contribution is -0.139. The van der Waals surface area contributed by atoms with Gasteiger partial charge in [0.25, 0.3) is 0 Å². The summed E-state index contributed by atoms with van der Waals surface area (Å²) in [5.74, 6) is -1.05. The molecule has 1 aromatic rings. The molecular formula is C13H17NO4S. The van der Waals surface area contributed by atoms with Crippen molar-refractivity contribution in [1.82, 2.24) is 5.32 Å². The molecule has 1 atom stereocenters. The van der Waals surface area contributed by atoms with Crippen molar-refractivity contribution < 1.29 is 19.8 Å². The summed E-state index contributed by atoms with van der Waals surface area (Å²) in [6, 6.07) is 5.81. The second-order valence-corrected chi connectivity index (χ2v) is 5.04. The highest BCUT2D eigenvalue weighted by molar-refractivity contribution is 7.98. The number of carboxylic acids is 2. The molecule has 0 bridgehead atoms. The smallest absolute Gasteiger partial charge is 0.335 e. The Morgan fingerprint density at radius 1 is 1.26 bits per heavy atom. The minimum atomic E-state index is -0.970. The van der Waals surface area contributed by atoms with Crippen LogP contribution in [0.2, 0.25) is 0 Å². The van der Waals surface area contributed by atoms with Gasteiger partial charge >= 0.3 is 11.9 Å². The van der Waals surface area contributed by atoms with Crippen LogP contribution in [0.3, 0.4) is 0 Å². The third-order valence-electron chi connectivity index (χ3n) is 2.66. The van der Waals surface area contributed by atoms with E-state index in [0.29, 0.717) is 13.0 Å². The Labute approximate surface area is 116 Å². The summed E-state index contributed by atoms with van der Waals surface area (Å²) < 4.78 is 0. The van der Waals surface area contributed by atoms with Gasteiger partial charge < -0.3 is 15.5 Å². The van der Waals surface area contributed by atoms with E-state index in [2.05, 4.69) is 5.32 Å². The molecule has 3 N–H and O–H groups in total. The van der Waals surface area contributed by atoms with E-state index in [9.17, 15) is 9.59 Å². The highest BCUT2D eigenvalue weighted by Crippen LogP contribution is 2.06. The average molecular weight is 283 g/mol. The van der Waals surface area contributed by atoms with Gasteiger partial charge in [-0.2, -0.15) is 11.8 Å². The standard InChI is InChI=1S/C13H17NO4S/c1-19-7-6-11(13(17)18)14-8-9-2-4-10(5-3-9)12(15)16/h2-5,11,14H,6-8H2,1H3,(H,15,16)(H,17,18). The number of carbonyl (C=O) groups is 2. The van der Waals surface area contributed by atoms with Crippen LogP contribution in [0.4, 0.5) is 0 Å². The molecule has 0 saturated carbocycles. The first-order valence-corrected chi connectivity index (χ1v) is 7.21. The highest BCUT2D eigenvalue weighted by Gasteiger charge is 2.15. The molecule has 0 saturated heterocycles. The monoisotopic (exact) mass is 283 g/mol. The molecule has 0 aliphatic rings. The molecule has 0 aliphatic carbocycles. The Morgan fingerprint density at radius 3 is 2.37 bits per heavy atom. The summed E-state index contributed by atoms with van der Waals surface area (Å²) in [5.41, 5.74) is 1.08. The average Bonchev–Trinajstić information content (AvgIpc) is 2.39. The van der Waals surface area contributed by atoms with Gasteiger partial charge in [-0.25, -0.2) is 4.79 Å². The molecule has 6 heteroatoms. The molecular weight excluding hydrogens is 266 g/mol. The summed E-state index contributed by atoms with van der Waals surface area (Å²) in [6.07, 6.45) is 2.49. The van der Waals surface area contributed by atoms with Crippen molar-refractivity contribution in [2.24, 2.45) is 0 Å². The van der Waals surface area contributed by atoms with Gasteiger partial charge in [0.1, 0.15) is 6.04 Å². The molecule has 0 aliphatic heterocycles. The SMILES string of the molecule is CSCCC(NCc1ccc(C(=O)O)cc1)C(=O)O. The lowest BCUT2D eigenvalue weighted by Gasteiger charge is -2.13. The first-order valence-electron chi connectivity index (χ1n) is 5.82. The lowest BCUT2D eigenvalue weighted by Crippen LogP contribution is -2.36. The Kier molecular flexibility index (Phi) is 6.38. The topological polar surface area (TPSA) is 86.6 Å². The zero-order valence-corrected chi connectivity index (χ0v) is 11.4. The van der Waals surface area contributed by atoms with E-state index in [-0.39, 0.29) is 5.56 Å². The molecule has 0 amide bonds. The Balaban J connectivity index is 2.54. The van der Waals surface area contributed by atoms with E-state index in [4.69, 9.17) is 10.2 Å². The van der Waals surface area contributed by atoms with E-state index in [1.807, 2.05) is 6.26 Å². The van der Waals surface area contributed by atoms with Gasteiger partial charge in [-0.1, -0.05) is 12.1 Å². The minimum absolute atomic E-state index is 0.223. The van der Waals surface area contributed by atoms with Crippen LogP contribution in [0, 0.1) is 0 Å². The largest absolute Gasteiger partial charge is 0.480 e. The zero-order valence-electron chi connectivity index (χ0n) is 10.6. The lowest BCUT2D eigenvalue weighted by atomic mass is 10.1. The molecule has 19 heavy (non-hydrogen) atoms. The molecule has 0 spiro atoms. The number of nitrogens with one attached hydrogen (secondary N) is 1. The van der Waals surface area contributed by atoms with Crippen LogP contribution in [0.1, 0.15) is 22.3 Å². The number of benzene rings is 1. The van der Waals surface area contributed by atoms with Crippen molar-refractivity contribution in [2.45, 2.75) is 19.0 Å². The summed E-state index contributed by atoms with van der Waals surface area (Å²) in [7, 11) is 0. The molecule has 1 unspecified atom stereocenters. The maximum absolute atomic E-state index is 11.0. The molecule has 5 nitrogen and oxygen atoms in total. The van der Waals surface area contributed by atoms with Gasteiger partial charge in [0.05, 0.1) is 5.56 Å². The number of carboxylic acid groups (broad SMARTS) is 2. The van der Waals surface area contributed by atoms with Crippen molar-refractivity contribution in [3.8, 4) is 0 Å². The van der Waals surface area contributed by atoms with Crippen molar-refractivity contribution in [3.05, 3.63) is 35.4 Å². The van der Waals surface area contributed by atoms with Gasteiger partial charge in [0.15, 0.2) is 0 Å². The number of aliphatic carboxylic acids is 1. The summed E-state index contributed by atoms with van der Waals surface area (Å²) in [4.78, 5) is 21.7. The van der Waals surface area contributed by atoms with Crippen molar-refractivity contribution in [1.29, 1.82) is 0 Å². The number of aromatic carboxylic acids is 1. The molecule has 0 aromatic heterocycles. The Morgan fingerprint density at radius 2 is 1.89 bits per heavy atom. The maximum Gasteiger partial charge on any atom is 0.335 e. The fourth-order valence-corrected chi connectivity index (χ4v) is 2.03. The predicted octanol–water partition coefficient (Wildman–Crippen LogP) is 1.68. The van der Waals surface area contributed by atoms with Crippen LogP contribution in [0.25, 0.3) is 0 Å². The minimum Gasteiger partial charge on any atom is -0.480 e. The fourth-order valence-electron chi connectivity index (χ4n) is 1.55. The van der Waals surface area contributed by atoms with Crippen molar-refractivity contribution >= 4 is 23.7 Å². The molecule has 0 radical (unpaired) electrons. The van der Waals surface area contributed by atoms with Gasteiger partial charge in [-0.05, 0) is 36.1 Å². The number of hydrogen-bond acceptors (Lipinski definition) is 4. The van der Waals surface area contributed by atoms with Crippen molar-refractivity contribution in [2.75, 3.05) is 12.0 Å². The third-order valence-corrected chi connectivity index (χ3v) is 3.31. The van der Waals surface area contributed by atoms with Crippen LogP contribution >= 0.6 is 11.8 Å². The van der Waals surface area contributed by atoms with Crippen LogP contribution < -0.4 is 5.32 Å². The predicted molar refractivity (Wildman–Crippen MR) is 74.7 cm³/mol. The quantitative estimate of drug-likeness (QED) is 0.673. The Hall–Kier alpha value is -1.53. The molecule has 1 rings (SSSR count). The summed E-state index contributed by atoms with van der Waals surface area (Å²) in [5, 5.41) is 20.8. The van der Waals surface area contributed by atoms with Crippen LogP contribution in [0.5, 0.6) is 0 Å². The normalized spacial score (nSPS) is 12.1. The van der Waals surface area contributed by atoms with Gasteiger partial charge in [-0.15, -0.1) is 0 Å². The van der Waals surface area contributed by atoms with E-state index in [0.717, 1.165) is 11.3 Å². The first kappa shape index (κ1) is 15.5. The van der Waals surface area contributed by atoms with Crippen molar-refractivity contribution in [3.63, 3.8) is 0 Å². The Bertz CT molecular complexity index is 433. The second-order valence-electron chi connectivity index (χ2n) is 4.06. The second kappa shape index (κ2) is 7.81. The first-order chi connectivity index (χ1) is 9.04. The van der Waals surface area contributed by atoms with E-state index in [1.165, 1.54) is 12.1 Å². The van der Waals surface area contributed by atoms with E-state index < -0.39 is 18.0 Å².